The predicted octanol–water partition coefficient (Wildman–Crippen LogP) is 2.86. The fourth-order valence-electron chi connectivity index (χ4n) is 2.06. The zero-order chi connectivity index (χ0) is 15.1. The first kappa shape index (κ1) is 15.2. The van der Waals surface area contributed by atoms with Crippen molar-refractivity contribution in [2.24, 2.45) is 0 Å². The van der Waals surface area contributed by atoms with Crippen molar-refractivity contribution in [3.63, 3.8) is 0 Å². The van der Waals surface area contributed by atoms with Gasteiger partial charge >= 0.3 is 0 Å². The van der Waals surface area contributed by atoms with E-state index < -0.39 is 0 Å². The van der Waals surface area contributed by atoms with Gasteiger partial charge < -0.3 is 19.3 Å². The summed E-state index contributed by atoms with van der Waals surface area (Å²) in [6, 6.07) is 15.1. The molecule has 0 aliphatic rings. The van der Waals surface area contributed by atoms with Crippen LogP contribution in [0.4, 0.5) is 0 Å². The molecule has 0 amide bonds. The normalized spacial score (nSPS) is 11.8. The van der Waals surface area contributed by atoms with Crippen molar-refractivity contribution >= 4 is 0 Å². The van der Waals surface area contributed by atoms with Crippen molar-refractivity contribution in [1.82, 2.24) is 0 Å². The van der Waals surface area contributed by atoms with Gasteiger partial charge in [-0.15, -0.1) is 0 Å². The summed E-state index contributed by atoms with van der Waals surface area (Å²) in [5.74, 6) is 2.05. The minimum absolute atomic E-state index is 0.0154. The lowest BCUT2D eigenvalue weighted by Gasteiger charge is -2.17. The van der Waals surface area contributed by atoms with Crippen LogP contribution < -0.4 is 14.2 Å². The fourth-order valence-corrected chi connectivity index (χ4v) is 2.06. The van der Waals surface area contributed by atoms with E-state index in [1.165, 1.54) is 0 Å². The average Bonchev–Trinajstić information content (AvgIpc) is 2.56. The number of methoxy groups -OCH3 is 2. The van der Waals surface area contributed by atoms with Gasteiger partial charge in [-0.25, -0.2) is 0 Å². The molecule has 0 aromatic heterocycles. The molecule has 0 aliphatic carbocycles. The Morgan fingerprint density at radius 1 is 0.905 bits per heavy atom. The highest BCUT2D eigenvalue weighted by atomic mass is 16.5. The summed E-state index contributed by atoms with van der Waals surface area (Å²) in [6.45, 7) is 0.394. The number of rotatable bonds is 7. The smallest absolute Gasteiger partial charge is 0.161 e. The second-order valence-electron chi connectivity index (χ2n) is 4.61. The van der Waals surface area contributed by atoms with Gasteiger partial charge in [0.1, 0.15) is 5.75 Å². The van der Waals surface area contributed by atoms with Gasteiger partial charge in [-0.3, -0.25) is 0 Å². The van der Waals surface area contributed by atoms with E-state index in [0.717, 1.165) is 11.3 Å². The molecule has 21 heavy (non-hydrogen) atoms. The highest BCUT2D eigenvalue weighted by Gasteiger charge is 2.13. The standard InChI is InChI=1S/C17H20O4/c1-19-15-9-7-13(8-10-15)14(11-18)12-21-17-6-4-3-5-16(17)20-2/h3-10,14,18H,11-12H2,1-2H3. The van der Waals surface area contributed by atoms with Crippen molar-refractivity contribution in [3.05, 3.63) is 54.1 Å². The maximum absolute atomic E-state index is 9.57. The third kappa shape index (κ3) is 3.89. The Morgan fingerprint density at radius 3 is 2.14 bits per heavy atom. The molecule has 1 unspecified atom stereocenters. The van der Waals surface area contributed by atoms with E-state index in [1.807, 2.05) is 48.5 Å². The van der Waals surface area contributed by atoms with E-state index in [9.17, 15) is 5.11 Å². The molecule has 2 rings (SSSR count). The Hall–Kier alpha value is -2.20. The van der Waals surface area contributed by atoms with Crippen LogP contribution in [0.15, 0.2) is 48.5 Å². The molecule has 0 heterocycles. The van der Waals surface area contributed by atoms with E-state index in [-0.39, 0.29) is 12.5 Å². The summed E-state index contributed by atoms with van der Waals surface area (Å²) in [5.41, 5.74) is 1.01. The number of ether oxygens (including phenoxy) is 3. The Kier molecular flexibility index (Phi) is 5.46. The van der Waals surface area contributed by atoms with E-state index in [1.54, 1.807) is 14.2 Å². The maximum atomic E-state index is 9.57. The van der Waals surface area contributed by atoms with E-state index in [0.29, 0.717) is 18.1 Å². The van der Waals surface area contributed by atoms with E-state index in [4.69, 9.17) is 14.2 Å². The van der Waals surface area contributed by atoms with Gasteiger partial charge in [-0.1, -0.05) is 24.3 Å². The van der Waals surface area contributed by atoms with Crippen LogP contribution in [-0.2, 0) is 0 Å². The number of aliphatic hydroxyl groups excluding tert-OH is 1. The lowest BCUT2D eigenvalue weighted by atomic mass is 10.0. The molecular weight excluding hydrogens is 268 g/mol. The summed E-state index contributed by atoms with van der Waals surface area (Å²) in [4.78, 5) is 0. The molecule has 1 N–H and O–H groups in total. The van der Waals surface area contributed by atoms with Crippen molar-refractivity contribution in [1.29, 1.82) is 0 Å². The van der Waals surface area contributed by atoms with E-state index >= 15 is 0 Å². The molecule has 0 saturated heterocycles. The summed E-state index contributed by atoms with van der Waals surface area (Å²) < 4.78 is 16.2. The first-order chi connectivity index (χ1) is 10.3. The number of benzene rings is 2. The van der Waals surface area contributed by atoms with Crippen molar-refractivity contribution < 1.29 is 19.3 Å². The molecule has 0 radical (unpaired) electrons. The predicted molar refractivity (Wildman–Crippen MR) is 81.3 cm³/mol. The van der Waals surface area contributed by atoms with Gasteiger partial charge in [-0.05, 0) is 29.8 Å². The Bertz CT molecular complexity index is 551. The minimum atomic E-state index is -0.0965. The van der Waals surface area contributed by atoms with Crippen molar-refractivity contribution in [2.75, 3.05) is 27.4 Å². The quantitative estimate of drug-likeness (QED) is 0.851. The Balaban J connectivity index is 2.04. The highest BCUT2D eigenvalue weighted by Crippen LogP contribution is 2.27. The molecule has 0 fully saturated rings. The average molecular weight is 288 g/mol. The Labute approximate surface area is 124 Å². The lowest BCUT2D eigenvalue weighted by Crippen LogP contribution is -2.14. The maximum Gasteiger partial charge on any atom is 0.161 e. The number of hydrogen-bond acceptors (Lipinski definition) is 4. The molecule has 4 heteroatoms. The third-order valence-corrected chi connectivity index (χ3v) is 3.32. The molecule has 1 atom stereocenters. The molecule has 0 spiro atoms. The SMILES string of the molecule is COc1ccc(C(CO)COc2ccccc2OC)cc1. The van der Waals surface area contributed by atoms with Crippen LogP contribution in [0.5, 0.6) is 17.2 Å². The summed E-state index contributed by atoms with van der Waals surface area (Å²) in [6.07, 6.45) is 0. The first-order valence-corrected chi connectivity index (χ1v) is 6.79. The molecule has 2 aromatic carbocycles. The summed E-state index contributed by atoms with van der Waals surface area (Å²) >= 11 is 0. The van der Waals surface area contributed by atoms with Gasteiger partial charge in [0.15, 0.2) is 11.5 Å². The second kappa shape index (κ2) is 7.55. The van der Waals surface area contributed by atoms with Crippen LogP contribution in [0.25, 0.3) is 0 Å². The zero-order valence-electron chi connectivity index (χ0n) is 12.3. The largest absolute Gasteiger partial charge is 0.497 e. The van der Waals surface area contributed by atoms with Crippen LogP contribution in [0.2, 0.25) is 0 Å². The van der Waals surface area contributed by atoms with Crippen LogP contribution in [0, 0.1) is 0 Å². The Morgan fingerprint density at radius 2 is 1.57 bits per heavy atom. The number of aliphatic hydroxyl groups is 1. The highest BCUT2D eigenvalue weighted by molar-refractivity contribution is 5.39. The minimum Gasteiger partial charge on any atom is -0.497 e. The first-order valence-electron chi connectivity index (χ1n) is 6.79. The molecular formula is C17H20O4. The van der Waals surface area contributed by atoms with Crippen LogP contribution in [-0.4, -0.2) is 32.5 Å². The van der Waals surface area contributed by atoms with Gasteiger partial charge in [0.05, 0.1) is 27.4 Å². The monoisotopic (exact) mass is 288 g/mol. The molecule has 4 nitrogen and oxygen atoms in total. The van der Waals surface area contributed by atoms with Gasteiger partial charge in [-0.2, -0.15) is 0 Å². The van der Waals surface area contributed by atoms with Gasteiger partial charge in [0.25, 0.3) is 0 Å². The van der Waals surface area contributed by atoms with Crippen LogP contribution in [0.3, 0.4) is 0 Å². The van der Waals surface area contributed by atoms with Crippen molar-refractivity contribution in [3.8, 4) is 17.2 Å². The summed E-state index contributed by atoms with van der Waals surface area (Å²) in [7, 11) is 3.23. The van der Waals surface area contributed by atoms with E-state index in [2.05, 4.69) is 0 Å². The number of hydrogen-bond donors (Lipinski definition) is 1. The third-order valence-electron chi connectivity index (χ3n) is 3.32. The fraction of sp³-hybridized carbons (Fsp3) is 0.294. The van der Waals surface area contributed by atoms with Crippen LogP contribution >= 0.6 is 0 Å². The lowest BCUT2D eigenvalue weighted by molar-refractivity contribution is 0.201. The topological polar surface area (TPSA) is 47.9 Å². The summed E-state index contributed by atoms with van der Waals surface area (Å²) in [5, 5.41) is 9.57. The molecule has 2 aromatic rings. The van der Waals surface area contributed by atoms with Gasteiger partial charge in [0, 0.05) is 5.92 Å². The second-order valence-corrected chi connectivity index (χ2v) is 4.61. The van der Waals surface area contributed by atoms with Crippen LogP contribution in [0.1, 0.15) is 11.5 Å². The van der Waals surface area contributed by atoms with Gasteiger partial charge in [0.2, 0.25) is 0 Å². The number of para-hydroxylation sites is 2. The molecule has 0 saturated carbocycles. The molecule has 112 valence electrons. The zero-order valence-corrected chi connectivity index (χ0v) is 12.3. The molecule has 0 bridgehead atoms. The molecule has 0 aliphatic heterocycles. The van der Waals surface area contributed by atoms with Crippen molar-refractivity contribution in [2.45, 2.75) is 5.92 Å².